The summed E-state index contributed by atoms with van der Waals surface area (Å²) in [4.78, 5) is 35.6. The van der Waals surface area contributed by atoms with Crippen molar-refractivity contribution in [2.24, 2.45) is 5.92 Å². The molecule has 2 aromatic carbocycles. The fourth-order valence-electron chi connectivity index (χ4n) is 3.25. The Bertz CT molecular complexity index is 1020. The minimum atomic E-state index is -0.928. The molecule has 0 saturated carbocycles. The lowest BCUT2D eigenvalue weighted by molar-refractivity contribution is -0.384. The normalized spacial score (nSPS) is 18.1. The second-order valence-electron chi connectivity index (χ2n) is 6.48. The monoisotopic (exact) mass is 412 g/mol. The molecule has 2 aromatic rings. The predicted molar refractivity (Wildman–Crippen MR) is 108 cm³/mol. The number of urea groups is 1. The Kier molecular flexibility index (Phi) is 5.86. The number of rotatable bonds is 6. The van der Waals surface area contributed by atoms with E-state index in [1.807, 2.05) is 0 Å². The van der Waals surface area contributed by atoms with E-state index in [0.717, 1.165) is 0 Å². The minimum Gasteiger partial charge on any atom is -0.497 e. The van der Waals surface area contributed by atoms with Crippen LogP contribution in [-0.4, -0.2) is 31.1 Å². The number of benzene rings is 2. The first-order valence-corrected chi connectivity index (χ1v) is 8.87. The summed E-state index contributed by atoms with van der Waals surface area (Å²) in [5, 5.41) is 18.9. The van der Waals surface area contributed by atoms with E-state index in [2.05, 4.69) is 22.5 Å². The standard InChI is InChI=1S/C20H20N4O6/c1-11-17(19(25)22-12-5-4-6-13(9-12)24(27)28)18(23-20(26)21-11)15-10-14(29-2)7-8-16(15)30-3/h4-10,17-18H,1H2,2-3H3,(H,22,25)(H2,21,23,26)/t17-,18+/m0/s1. The number of nitro groups is 1. The molecule has 0 aromatic heterocycles. The van der Waals surface area contributed by atoms with Crippen LogP contribution in [0.4, 0.5) is 16.2 Å². The van der Waals surface area contributed by atoms with Gasteiger partial charge in [-0.3, -0.25) is 14.9 Å². The Labute approximate surface area is 172 Å². The van der Waals surface area contributed by atoms with E-state index in [1.165, 1.54) is 38.5 Å². The van der Waals surface area contributed by atoms with E-state index < -0.39 is 28.8 Å². The number of carbonyl (C=O) groups is 2. The summed E-state index contributed by atoms with van der Waals surface area (Å²) in [7, 11) is 2.97. The summed E-state index contributed by atoms with van der Waals surface area (Å²) in [5.41, 5.74) is 0.784. The van der Waals surface area contributed by atoms with Crippen LogP contribution in [0.1, 0.15) is 11.6 Å². The van der Waals surface area contributed by atoms with Crippen molar-refractivity contribution in [3.05, 3.63) is 70.4 Å². The maximum absolute atomic E-state index is 13.1. The first kappa shape index (κ1) is 20.6. The van der Waals surface area contributed by atoms with E-state index in [4.69, 9.17) is 9.47 Å². The van der Waals surface area contributed by atoms with Crippen LogP contribution in [0.5, 0.6) is 11.5 Å². The number of nitro benzene ring substituents is 1. The molecule has 0 aliphatic carbocycles. The lowest BCUT2D eigenvalue weighted by atomic mass is 9.87. The zero-order chi connectivity index (χ0) is 21.8. The molecule has 3 N–H and O–H groups in total. The number of non-ortho nitro benzene ring substituents is 1. The minimum absolute atomic E-state index is 0.160. The number of hydrogen-bond donors (Lipinski definition) is 3. The molecular formula is C20H20N4O6. The predicted octanol–water partition coefficient (Wildman–Crippen LogP) is 2.73. The van der Waals surface area contributed by atoms with Gasteiger partial charge < -0.3 is 25.4 Å². The molecule has 1 saturated heterocycles. The van der Waals surface area contributed by atoms with Gasteiger partial charge in [-0.2, -0.15) is 0 Å². The van der Waals surface area contributed by atoms with Gasteiger partial charge in [0.05, 0.1) is 25.2 Å². The zero-order valence-corrected chi connectivity index (χ0v) is 16.3. The Hall–Kier alpha value is -4.08. The van der Waals surface area contributed by atoms with Gasteiger partial charge in [0.1, 0.15) is 17.4 Å². The van der Waals surface area contributed by atoms with Gasteiger partial charge in [0.15, 0.2) is 0 Å². The van der Waals surface area contributed by atoms with Gasteiger partial charge >= 0.3 is 6.03 Å². The SMILES string of the molecule is C=C1NC(=O)N[C@H](c2cc(OC)ccc2OC)[C@H]1C(=O)Nc1cccc([N+](=O)[O-])c1. The smallest absolute Gasteiger partial charge is 0.319 e. The van der Waals surface area contributed by atoms with Crippen molar-refractivity contribution < 1.29 is 24.0 Å². The molecule has 10 nitrogen and oxygen atoms in total. The number of hydrogen-bond acceptors (Lipinski definition) is 6. The molecule has 2 atom stereocenters. The molecule has 1 aliphatic heterocycles. The Morgan fingerprint density at radius 1 is 1.20 bits per heavy atom. The number of anilines is 1. The molecule has 0 radical (unpaired) electrons. The highest BCUT2D eigenvalue weighted by Gasteiger charge is 2.39. The van der Waals surface area contributed by atoms with Gasteiger partial charge in [-0.1, -0.05) is 12.6 Å². The molecule has 0 unspecified atom stereocenters. The van der Waals surface area contributed by atoms with Gasteiger partial charge in [-0.05, 0) is 24.3 Å². The van der Waals surface area contributed by atoms with Gasteiger partial charge in [0.25, 0.3) is 5.69 Å². The lowest BCUT2D eigenvalue weighted by Crippen LogP contribution is -2.51. The Morgan fingerprint density at radius 3 is 2.63 bits per heavy atom. The van der Waals surface area contributed by atoms with E-state index in [-0.39, 0.29) is 17.1 Å². The quantitative estimate of drug-likeness (QED) is 0.494. The molecule has 3 rings (SSSR count). The molecule has 3 amide bonds. The third-order valence-corrected chi connectivity index (χ3v) is 4.65. The lowest BCUT2D eigenvalue weighted by Gasteiger charge is -2.34. The number of carbonyl (C=O) groups excluding carboxylic acids is 2. The fraction of sp³-hybridized carbons (Fsp3) is 0.200. The third kappa shape index (κ3) is 4.17. The number of ether oxygens (including phenoxy) is 2. The van der Waals surface area contributed by atoms with Crippen molar-refractivity contribution in [1.29, 1.82) is 0 Å². The Morgan fingerprint density at radius 2 is 1.97 bits per heavy atom. The highest BCUT2D eigenvalue weighted by molar-refractivity contribution is 5.97. The average molecular weight is 412 g/mol. The summed E-state index contributed by atoms with van der Waals surface area (Å²) in [6.45, 7) is 3.82. The van der Waals surface area contributed by atoms with Gasteiger partial charge in [-0.25, -0.2) is 4.79 Å². The molecular weight excluding hydrogens is 392 g/mol. The van der Waals surface area contributed by atoms with Crippen LogP contribution in [0, 0.1) is 16.0 Å². The number of nitrogens with zero attached hydrogens (tertiary/aromatic N) is 1. The Balaban J connectivity index is 1.97. The molecule has 30 heavy (non-hydrogen) atoms. The van der Waals surface area contributed by atoms with Gasteiger partial charge in [-0.15, -0.1) is 0 Å². The highest BCUT2D eigenvalue weighted by atomic mass is 16.6. The van der Waals surface area contributed by atoms with E-state index in [1.54, 1.807) is 18.2 Å². The van der Waals surface area contributed by atoms with Crippen LogP contribution >= 0.6 is 0 Å². The molecule has 1 aliphatic rings. The largest absolute Gasteiger partial charge is 0.497 e. The van der Waals surface area contributed by atoms with Gasteiger partial charge in [0.2, 0.25) is 5.91 Å². The van der Waals surface area contributed by atoms with Crippen LogP contribution in [0.2, 0.25) is 0 Å². The maximum atomic E-state index is 13.1. The second-order valence-corrected chi connectivity index (χ2v) is 6.48. The molecule has 0 bridgehead atoms. The average Bonchev–Trinajstić information content (AvgIpc) is 2.72. The van der Waals surface area contributed by atoms with E-state index >= 15 is 0 Å². The summed E-state index contributed by atoms with van der Waals surface area (Å²) in [6, 6.07) is 9.26. The third-order valence-electron chi connectivity index (χ3n) is 4.65. The van der Waals surface area contributed by atoms with Crippen LogP contribution in [0.25, 0.3) is 0 Å². The summed E-state index contributed by atoms with van der Waals surface area (Å²) >= 11 is 0. The second kappa shape index (κ2) is 8.52. The van der Waals surface area contributed by atoms with E-state index in [0.29, 0.717) is 17.1 Å². The molecule has 1 heterocycles. The van der Waals surface area contributed by atoms with Crippen molar-refractivity contribution in [3.8, 4) is 11.5 Å². The van der Waals surface area contributed by atoms with Crippen molar-refractivity contribution in [2.45, 2.75) is 6.04 Å². The van der Waals surface area contributed by atoms with Gasteiger partial charge in [0, 0.05) is 29.1 Å². The molecule has 156 valence electrons. The van der Waals surface area contributed by atoms with Crippen LogP contribution < -0.4 is 25.4 Å². The summed E-state index contributed by atoms with van der Waals surface area (Å²) in [6.07, 6.45) is 0. The van der Waals surface area contributed by atoms with Crippen molar-refractivity contribution >= 4 is 23.3 Å². The van der Waals surface area contributed by atoms with E-state index in [9.17, 15) is 19.7 Å². The van der Waals surface area contributed by atoms with Crippen molar-refractivity contribution in [1.82, 2.24) is 10.6 Å². The van der Waals surface area contributed by atoms with Crippen LogP contribution in [0.15, 0.2) is 54.7 Å². The van der Waals surface area contributed by atoms with Crippen LogP contribution in [-0.2, 0) is 4.79 Å². The highest BCUT2D eigenvalue weighted by Crippen LogP contribution is 2.37. The summed E-state index contributed by atoms with van der Waals surface area (Å²) < 4.78 is 10.6. The van der Waals surface area contributed by atoms with Crippen molar-refractivity contribution in [2.75, 3.05) is 19.5 Å². The molecule has 1 fully saturated rings. The molecule has 0 spiro atoms. The number of amides is 3. The summed E-state index contributed by atoms with van der Waals surface area (Å²) in [5.74, 6) is -0.475. The number of nitrogens with one attached hydrogen (secondary N) is 3. The van der Waals surface area contributed by atoms with Crippen molar-refractivity contribution in [3.63, 3.8) is 0 Å². The first-order valence-electron chi connectivity index (χ1n) is 8.87. The fourth-order valence-corrected chi connectivity index (χ4v) is 3.25. The number of methoxy groups -OCH3 is 2. The first-order chi connectivity index (χ1) is 14.3. The maximum Gasteiger partial charge on any atom is 0.319 e. The molecule has 10 heteroatoms. The topological polar surface area (TPSA) is 132 Å². The zero-order valence-electron chi connectivity index (χ0n) is 16.3. The van der Waals surface area contributed by atoms with Crippen LogP contribution in [0.3, 0.4) is 0 Å².